The number of rotatable bonds is 7. The molecule has 1 aromatic heterocycles. The Balaban J connectivity index is 2.00. The van der Waals surface area contributed by atoms with Gasteiger partial charge in [-0.15, -0.1) is 11.3 Å². The van der Waals surface area contributed by atoms with Crippen molar-refractivity contribution in [3.8, 4) is 0 Å². The summed E-state index contributed by atoms with van der Waals surface area (Å²) in [7, 11) is 0. The number of ether oxygens (including phenoxy) is 1. The monoisotopic (exact) mass is 460 g/mol. The van der Waals surface area contributed by atoms with Crippen LogP contribution in [0.4, 0.5) is 10.8 Å². The number of nitro benzene ring substituents is 1. The molecule has 2 rings (SSSR count). The largest absolute Gasteiger partial charge is 0.466 e. The molecule has 24 heavy (non-hydrogen) atoms. The van der Waals surface area contributed by atoms with Gasteiger partial charge in [0, 0.05) is 17.0 Å². The average molecular weight is 460 g/mol. The van der Waals surface area contributed by atoms with E-state index < -0.39 is 4.92 Å². The number of nitrogens with zero attached hydrogens (tertiary/aromatic N) is 3. The van der Waals surface area contributed by atoms with E-state index in [0.29, 0.717) is 26.6 Å². The highest BCUT2D eigenvalue weighted by Gasteiger charge is 2.13. The van der Waals surface area contributed by atoms with Gasteiger partial charge >= 0.3 is 5.97 Å². The van der Waals surface area contributed by atoms with Gasteiger partial charge in [0.05, 0.1) is 33.4 Å². The van der Waals surface area contributed by atoms with E-state index in [1.165, 1.54) is 23.6 Å². The summed E-state index contributed by atoms with van der Waals surface area (Å²) in [6.45, 7) is 2.08. The Morgan fingerprint density at radius 1 is 1.58 bits per heavy atom. The van der Waals surface area contributed by atoms with E-state index in [9.17, 15) is 14.9 Å². The smallest absolute Gasteiger partial charge is 0.311 e. The van der Waals surface area contributed by atoms with Crippen LogP contribution in [0.1, 0.15) is 18.2 Å². The standard InChI is InChI=1S/C14H13IN4O4S/c1-2-23-12(20)6-10-8-24-14(17-10)18-16-7-9-4-3-5-11(13(9)15)19(21)22/h3-5,7-8H,2,6H2,1H3,(H,17,18). The summed E-state index contributed by atoms with van der Waals surface area (Å²) < 4.78 is 5.36. The van der Waals surface area contributed by atoms with E-state index >= 15 is 0 Å². The highest BCUT2D eigenvalue weighted by molar-refractivity contribution is 14.1. The fraction of sp³-hybridized carbons (Fsp3) is 0.214. The first kappa shape index (κ1) is 18.3. The fourth-order valence-corrected chi connectivity index (χ4v) is 3.09. The lowest BCUT2D eigenvalue weighted by atomic mass is 10.2. The van der Waals surface area contributed by atoms with Crippen molar-refractivity contribution in [2.24, 2.45) is 5.10 Å². The third-order valence-electron chi connectivity index (χ3n) is 2.75. The number of benzene rings is 1. The summed E-state index contributed by atoms with van der Waals surface area (Å²) in [4.78, 5) is 26.1. The van der Waals surface area contributed by atoms with E-state index in [0.717, 1.165) is 0 Å². The molecule has 8 nitrogen and oxygen atoms in total. The number of anilines is 1. The number of esters is 1. The maximum atomic E-state index is 11.4. The highest BCUT2D eigenvalue weighted by atomic mass is 127. The number of nitrogens with one attached hydrogen (secondary N) is 1. The molecule has 0 aliphatic heterocycles. The van der Waals surface area contributed by atoms with Crippen LogP contribution in [0, 0.1) is 13.7 Å². The van der Waals surface area contributed by atoms with Gasteiger partial charge in [0.2, 0.25) is 5.13 Å². The number of hydrazone groups is 1. The second-order valence-corrected chi connectivity index (χ2v) is 6.37. The summed E-state index contributed by atoms with van der Waals surface area (Å²) in [5.74, 6) is -0.330. The topological polar surface area (TPSA) is 107 Å². The quantitative estimate of drug-likeness (QED) is 0.224. The molecule has 126 valence electrons. The van der Waals surface area contributed by atoms with E-state index in [2.05, 4.69) is 15.5 Å². The summed E-state index contributed by atoms with van der Waals surface area (Å²) in [5, 5.41) is 17.2. The molecule has 10 heteroatoms. The molecular formula is C14H13IN4O4S. The third kappa shape index (κ3) is 4.96. The van der Waals surface area contributed by atoms with Crippen LogP contribution in [0.2, 0.25) is 0 Å². The molecule has 0 saturated heterocycles. The van der Waals surface area contributed by atoms with Gasteiger partial charge in [-0.25, -0.2) is 4.98 Å². The first-order valence-electron chi connectivity index (χ1n) is 6.83. The molecule has 0 bridgehead atoms. The maximum Gasteiger partial charge on any atom is 0.311 e. The molecule has 1 N–H and O–H groups in total. The summed E-state index contributed by atoms with van der Waals surface area (Å²) >= 11 is 3.21. The molecule has 0 spiro atoms. The van der Waals surface area contributed by atoms with Crippen molar-refractivity contribution >= 4 is 56.9 Å². The van der Waals surface area contributed by atoms with Crippen LogP contribution in [-0.4, -0.2) is 28.7 Å². The van der Waals surface area contributed by atoms with Crippen LogP contribution in [0.15, 0.2) is 28.7 Å². The summed E-state index contributed by atoms with van der Waals surface area (Å²) in [6.07, 6.45) is 1.60. The predicted molar refractivity (Wildman–Crippen MR) is 99.5 cm³/mol. The Bertz CT molecular complexity index is 778. The van der Waals surface area contributed by atoms with Crippen molar-refractivity contribution in [1.29, 1.82) is 0 Å². The molecule has 0 aliphatic rings. The zero-order chi connectivity index (χ0) is 17.5. The zero-order valence-electron chi connectivity index (χ0n) is 12.6. The molecule has 0 atom stereocenters. The zero-order valence-corrected chi connectivity index (χ0v) is 15.5. The Kier molecular flexibility index (Phi) is 6.61. The van der Waals surface area contributed by atoms with Crippen LogP contribution in [-0.2, 0) is 16.0 Å². The molecule has 0 aliphatic carbocycles. The number of halogens is 1. The molecule has 1 aromatic carbocycles. The van der Waals surface area contributed by atoms with E-state index in [1.54, 1.807) is 24.4 Å². The Morgan fingerprint density at radius 2 is 2.38 bits per heavy atom. The normalized spacial score (nSPS) is 10.8. The number of hydrogen-bond donors (Lipinski definition) is 1. The van der Waals surface area contributed by atoms with Crippen molar-refractivity contribution < 1.29 is 14.5 Å². The van der Waals surface area contributed by atoms with Crippen LogP contribution in [0.3, 0.4) is 0 Å². The highest BCUT2D eigenvalue weighted by Crippen LogP contribution is 2.23. The van der Waals surface area contributed by atoms with Crippen molar-refractivity contribution in [2.75, 3.05) is 12.0 Å². The molecule has 0 unspecified atom stereocenters. The first-order valence-corrected chi connectivity index (χ1v) is 8.79. The number of aromatic nitrogens is 1. The van der Waals surface area contributed by atoms with Gasteiger partial charge in [0.25, 0.3) is 5.69 Å². The van der Waals surface area contributed by atoms with Gasteiger partial charge in [-0.1, -0.05) is 12.1 Å². The second kappa shape index (κ2) is 8.68. The number of carbonyl (C=O) groups excluding carboxylic acids is 1. The van der Waals surface area contributed by atoms with Crippen LogP contribution in [0.5, 0.6) is 0 Å². The van der Waals surface area contributed by atoms with E-state index in [-0.39, 0.29) is 18.1 Å². The van der Waals surface area contributed by atoms with E-state index in [4.69, 9.17) is 4.74 Å². The predicted octanol–water partition coefficient (Wildman–Crippen LogP) is 3.21. The maximum absolute atomic E-state index is 11.4. The minimum absolute atomic E-state index is 0.0329. The minimum atomic E-state index is -0.435. The summed E-state index contributed by atoms with van der Waals surface area (Å²) in [5.41, 5.74) is 4.00. The number of thiazole rings is 1. The van der Waals surface area contributed by atoms with Gasteiger partial charge in [-0.2, -0.15) is 5.10 Å². The molecule has 0 saturated carbocycles. The second-order valence-electron chi connectivity index (χ2n) is 4.43. The minimum Gasteiger partial charge on any atom is -0.466 e. The molecule has 1 heterocycles. The third-order valence-corrected chi connectivity index (χ3v) is 4.72. The van der Waals surface area contributed by atoms with Crippen LogP contribution in [0.25, 0.3) is 0 Å². The molecule has 0 fully saturated rings. The van der Waals surface area contributed by atoms with Gasteiger partial charge < -0.3 is 4.74 Å². The first-order chi connectivity index (χ1) is 11.5. The Labute approximate surface area is 155 Å². The van der Waals surface area contributed by atoms with Gasteiger partial charge in [0.1, 0.15) is 0 Å². The summed E-state index contributed by atoms with van der Waals surface area (Å²) in [6, 6.07) is 4.77. The number of nitro groups is 1. The lowest BCUT2D eigenvalue weighted by Crippen LogP contribution is -2.07. The molecule has 2 aromatic rings. The lowest BCUT2D eigenvalue weighted by Gasteiger charge is -1.99. The average Bonchev–Trinajstić information content (AvgIpc) is 2.96. The van der Waals surface area contributed by atoms with Crippen molar-refractivity contribution in [3.63, 3.8) is 0 Å². The van der Waals surface area contributed by atoms with Crippen molar-refractivity contribution in [2.45, 2.75) is 13.3 Å². The Hall–Kier alpha value is -2.08. The molecule has 0 radical (unpaired) electrons. The van der Waals surface area contributed by atoms with E-state index in [1.807, 2.05) is 22.6 Å². The lowest BCUT2D eigenvalue weighted by molar-refractivity contribution is -0.385. The fourth-order valence-electron chi connectivity index (χ4n) is 1.73. The Morgan fingerprint density at radius 3 is 3.08 bits per heavy atom. The van der Waals surface area contributed by atoms with Gasteiger partial charge in [0.15, 0.2) is 0 Å². The van der Waals surface area contributed by atoms with Gasteiger partial charge in [-0.3, -0.25) is 20.3 Å². The van der Waals surface area contributed by atoms with Crippen molar-refractivity contribution in [3.05, 3.63) is 48.5 Å². The molecular weight excluding hydrogens is 447 g/mol. The van der Waals surface area contributed by atoms with Crippen molar-refractivity contribution in [1.82, 2.24) is 4.98 Å². The molecule has 0 amide bonds. The van der Waals surface area contributed by atoms with Gasteiger partial charge in [-0.05, 0) is 29.5 Å². The number of carbonyl (C=O) groups is 1. The van der Waals surface area contributed by atoms with Crippen LogP contribution >= 0.6 is 33.9 Å². The van der Waals surface area contributed by atoms with Crippen LogP contribution < -0.4 is 5.43 Å². The number of hydrogen-bond acceptors (Lipinski definition) is 8. The SMILES string of the molecule is CCOC(=O)Cc1csc(NN=Cc2cccc([N+](=O)[O-])c2I)n1.